The van der Waals surface area contributed by atoms with Crippen molar-refractivity contribution in [1.82, 2.24) is 0 Å². The van der Waals surface area contributed by atoms with Crippen LogP contribution in [0.1, 0.15) is 81.6 Å². The van der Waals surface area contributed by atoms with E-state index in [1.54, 1.807) is 34.6 Å². The molecule has 0 aliphatic heterocycles. The molecule has 0 rings (SSSR count). The van der Waals surface area contributed by atoms with Gasteiger partial charge < -0.3 is 23.7 Å². The molecule has 0 amide bonds. The molecule has 0 aromatic rings. The number of ether oxygens (including phenoxy) is 5. The van der Waals surface area contributed by atoms with Gasteiger partial charge in [0.2, 0.25) is 0 Å². The summed E-state index contributed by atoms with van der Waals surface area (Å²) < 4.78 is 27.6. The molecule has 0 radical (unpaired) electrons. The molecular weight excluding hydrogens is 376 g/mol. The summed E-state index contributed by atoms with van der Waals surface area (Å²) in [5.74, 6) is -0.939. The average Bonchev–Trinajstić information content (AvgIpc) is 2.61. The molecule has 0 bridgehead atoms. The minimum atomic E-state index is -1.16. The van der Waals surface area contributed by atoms with Crippen LogP contribution in [-0.2, 0) is 33.3 Å². The third-order valence-corrected chi connectivity index (χ3v) is 4.22. The van der Waals surface area contributed by atoms with Gasteiger partial charge in [0.1, 0.15) is 13.2 Å². The van der Waals surface area contributed by atoms with E-state index in [1.165, 1.54) is 0 Å². The van der Waals surface area contributed by atoms with E-state index in [9.17, 15) is 9.59 Å². The summed E-state index contributed by atoms with van der Waals surface area (Å²) >= 11 is 0. The van der Waals surface area contributed by atoms with Gasteiger partial charge in [-0.15, -0.1) is 0 Å². The minimum Gasteiger partial charge on any atom is -0.461 e. The van der Waals surface area contributed by atoms with Crippen molar-refractivity contribution < 1.29 is 33.3 Å². The number of esters is 2. The lowest BCUT2D eigenvalue weighted by molar-refractivity contribution is -0.188. The summed E-state index contributed by atoms with van der Waals surface area (Å²) in [6.45, 7) is 16.9. The molecule has 0 aliphatic carbocycles. The van der Waals surface area contributed by atoms with Crippen LogP contribution in [0.25, 0.3) is 0 Å². The SMILES string of the molecule is CCCC(CC)OC(C)(C)C(=O)OCC(C)OC(C)(C)C(=O)OCCOC(C)C. The first kappa shape index (κ1) is 27.8. The molecule has 2 unspecified atom stereocenters. The second-order valence-corrected chi connectivity index (χ2v) is 8.54. The third kappa shape index (κ3) is 11.6. The van der Waals surface area contributed by atoms with Gasteiger partial charge in [-0.1, -0.05) is 20.3 Å². The van der Waals surface area contributed by atoms with Gasteiger partial charge in [-0.25, -0.2) is 9.59 Å². The Morgan fingerprint density at radius 1 is 0.828 bits per heavy atom. The van der Waals surface area contributed by atoms with Crippen LogP contribution in [-0.4, -0.2) is 61.3 Å². The van der Waals surface area contributed by atoms with Gasteiger partial charge in [0.05, 0.1) is 24.9 Å². The van der Waals surface area contributed by atoms with Crippen molar-refractivity contribution in [2.75, 3.05) is 19.8 Å². The predicted octanol–water partition coefficient (Wildman–Crippen LogP) is 4.06. The fraction of sp³-hybridized carbons (Fsp3) is 0.909. The highest BCUT2D eigenvalue weighted by Crippen LogP contribution is 2.20. The van der Waals surface area contributed by atoms with Crippen molar-refractivity contribution in [2.45, 2.75) is 111 Å². The quantitative estimate of drug-likeness (QED) is 0.293. The van der Waals surface area contributed by atoms with E-state index in [4.69, 9.17) is 23.7 Å². The molecule has 0 saturated heterocycles. The summed E-state index contributed by atoms with van der Waals surface area (Å²) in [6.07, 6.45) is 2.33. The molecule has 172 valence electrons. The zero-order valence-corrected chi connectivity index (χ0v) is 19.8. The zero-order chi connectivity index (χ0) is 22.7. The monoisotopic (exact) mass is 418 g/mol. The van der Waals surface area contributed by atoms with Crippen molar-refractivity contribution in [1.29, 1.82) is 0 Å². The van der Waals surface area contributed by atoms with Crippen LogP contribution in [0.3, 0.4) is 0 Å². The summed E-state index contributed by atoms with van der Waals surface area (Å²) in [7, 11) is 0. The lowest BCUT2D eigenvalue weighted by atomic mass is 10.1. The van der Waals surface area contributed by atoms with Crippen molar-refractivity contribution in [3.63, 3.8) is 0 Å². The van der Waals surface area contributed by atoms with Crippen molar-refractivity contribution in [3.8, 4) is 0 Å². The maximum Gasteiger partial charge on any atom is 0.337 e. The normalized spacial score (nSPS) is 14.6. The average molecular weight is 419 g/mol. The molecular formula is C22H42O7. The summed E-state index contributed by atoms with van der Waals surface area (Å²) in [6, 6.07) is 0. The van der Waals surface area contributed by atoms with Gasteiger partial charge in [-0.2, -0.15) is 0 Å². The molecule has 0 aliphatic rings. The molecule has 2 atom stereocenters. The minimum absolute atomic E-state index is 0.0172. The molecule has 7 heteroatoms. The molecule has 7 nitrogen and oxygen atoms in total. The highest BCUT2D eigenvalue weighted by Gasteiger charge is 2.35. The highest BCUT2D eigenvalue weighted by atomic mass is 16.6. The van der Waals surface area contributed by atoms with Crippen LogP contribution in [0.5, 0.6) is 0 Å². The lowest BCUT2D eigenvalue weighted by Gasteiger charge is -2.30. The van der Waals surface area contributed by atoms with Crippen molar-refractivity contribution in [3.05, 3.63) is 0 Å². The fourth-order valence-corrected chi connectivity index (χ4v) is 2.68. The van der Waals surface area contributed by atoms with Crippen LogP contribution < -0.4 is 0 Å². The first-order valence-corrected chi connectivity index (χ1v) is 10.7. The van der Waals surface area contributed by atoms with E-state index in [-0.39, 0.29) is 25.4 Å². The van der Waals surface area contributed by atoms with E-state index >= 15 is 0 Å². The molecule has 0 saturated carbocycles. The first-order valence-electron chi connectivity index (χ1n) is 10.7. The molecule has 29 heavy (non-hydrogen) atoms. The predicted molar refractivity (Wildman–Crippen MR) is 112 cm³/mol. The summed E-state index contributed by atoms with van der Waals surface area (Å²) in [4.78, 5) is 24.7. The van der Waals surface area contributed by atoms with Crippen molar-refractivity contribution >= 4 is 11.9 Å². The second kappa shape index (κ2) is 13.2. The van der Waals surface area contributed by atoms with Gasteiger partial charge in [0.15, 0.2) is 11.2 Å². The van der Waals surface area contributed by atoms with Gasteiger partial charge in [-0.3, -0.25) is 0 Å². The number of rotatable bonds is 15. The molecule has 0 aromatic carbocycles. The van der Waals surface area contributed by atoms with E-state index in [1.807, 2.05) is 20.8 Å². The van der Waals surface area contributed by atoms with Crippen LogP contribution in [0.2, 0.25) is 0 Å². The Morgan fingerprint density at radius 3 is 1.90 bits per heavy atom. The highest BCUT2D eigenvalue weighted by molar-refractivity contribution is 5.79. The molecule has 0 aromatic heterocycles. The molecule has 0 N–H and O–H groups in total. The second-order valence-electron chi connectivity index (χ2n) is 8.54. The van der Waals surface area contributed by atoms with E-state index in [0.29, 0.717) is 6.61 Å². The van der Waals surface area contributed by atoms with E-state index < -0.39 is 29.2 Å². The van der Waals surface area contributed by atoms with Gasteiger partial charge >= 0.3 is 11.9 Å². The Labute approximate surface area is 176 Å². The number of hydrogen-bond donors (Lipinski definition) is 0. The standard InChI is InChI=1S/C22H42O7/c1-10-12-18(11-2)29-22(8,9)20(24)27-15-17(5)28-21(6,7)19(23)26-14-13-25-16(3)4/h16-18H,10-15H2,1-9H3. The summed E-state index contributed by atoms with van der Waals surface area (Å²) in [5.41, 5.74) is -2.20. The van der Waals surface area contributed by atoms with Gasteiger partial charge in [0, 0.05) is 0 Å². The zero-order valence-electron chi connectivity index (χ0n) is 19.8. The van der Waals surface area contributed by atoms with E-state index in [2.05, 4.69) is 6.92 Å². The maximum absolute atomic E-state index is 12.4. The largest absolute Gasteiger partial charge is 0.461 e. The topological polar surface area (TPSA) is 80.3 Å². The number of hydrogen-bond acceptors (Lipinski definition) is 7. The van der Waals surface area contributed by atoms with Gasteiger partial charge in [0.25, 0.3) is 0 Å². The Kier molecular flexibility index (Phi) is 12.7. The third-order valence-electron chi connectivity index (χ3n) is 4.22. The van der Waals surface area contributed by atoms with Crippen LogP contribution in [0.4, 0.5) is 0 Å². The number of carbonyl (C=O) groups is 2. The lowest BCUT2D eigenvalue weighted by Crippen LogP contribution is -2.43. The Balaban J connectivity index is 4.48. The Morgan fingerprint density at radius 2 is 1.38 bits per heavy atom. The fourth-order valence-electron chi connectivity index (χ4n) is 2.68. The molecule has 0 fully saturated rings. The van der Waals surface area contributed by atoms with Crippen molar-refractivity contribution in [2.24, 2.45) is 0 Å². The molecule has 0 heterocycles. The Bertz CT molecular complexity index is 486. The summed E-state index contributed by atoms with van der Waals surface area (Å²) in [5, 5.41) is 0. The van der Waals surface area contributed by atoms with Crippen LogP contribution in [0.15, 0.2) is 0 Å². The Hall–Kier alpha value is -1.18. The van der Waals surface area contributed by atoms with Crippen LogP contribution in [0, 0.1) is 0 Å². The smallest absolute Gasteiger partial charge is 0.337 e. The van der Waals surface area contributed by atoms with Crippen LogP contribution >= 0.6 is 0 Å². The van der Waals surface area contributed by atoms with Gasteiger partial charge in [-0.05, 0) is 61.3 Å². The maximum atomic E-state index is 12.4. The first-order chi connectivity index (χ1) is 13.4. The number of carbonyl (C=O) groups excluding carboxylic acids is 2. The molecule has 0 spiro atoms. The van der Waals surface area contributed by atoms with E-state index in [0.717, 1.165) is 19.3 Å².